The summed E-state index contributed by atoms with van der Waals surface area (Å²) in [6.45, 7) is 7.76. The summed E-state index contributed by atoms with van der Waals surface area (Å²) >= 11 is 6.14. The molecule has 4 rings (SSSR count). The topological polar surface area (TPSA) is 73.8 Å². The van der Waals surface area contributed by atoms with E-state index in [9.17, 15) is 4.79 Å². The Labute approximate surface area is 175 Å². The second-order valence-electron chi connectivity index (χ2n) is 7.20. The van der Waals surface area contributed by atoms with E-state index in [4.69, 9.17) is 16.3 Å². The van der Waals surface area contributed by atoms with Crippen LogP contribution in [0.5, 0.6) is 0 Å². The number of hydrogen-bond acceptors (Lipinski definition) is 6. The highest BCUT2D eigenvalue weighted by atomic mass is 35.5. The molecule has 3 heterocycles. The van der Waals surface area contributed by atoms with Crippen LogP contribution >= 0.6 is 11.6 Å². The first-order valence-electron chi connectivity index (χ1n) is 9.82. The van der Waals surface area contributed by atoms with Crippen LogP contribution in [0, 0.1) is 6.92 Å². The summed E-state index contributed by atoms with van der Waals surface area (Å²) < 4.78 is 5.41. The van der Waals surface area contributed by atoms with E-state index in [0.29, 0.717) is 23.8 Å². The maximum absolute atomic E-state index is 12.6. The van der Waals surface area contributed by atoms with E-state index >= 15 is 0 Å². The molecule has 2 saturated heterocycles. The third-order valence-corrected chi connectivity index (χ3v) is 5.69. The highest BCUT2D eigenvalue weighted by molar-refractivity contribution is 6.31. The van der Waals surface area contributed by atoms with Crippen LogP contribution in [0.4, 0.5) is 22.1 Å². The van der Waals surface area contributed by atoms with Crippen LogP contribution < -0.4 is 15.1 Å². The molecule has 0 saturated carbocycles. The number of anilines is 3. The molecule has 2 aliphatic heterocycles. The summed E-state index contributed by atoms with van der Waals surface area (Å²) in [4.78, 5) is 27.6. The molecule has 9 heteroatoms. The van der Waals surface area contributed by atoms with Gasteiger partial charge in [-0.15, -0.1) is 0 Å². The average molecular weight is 417 g/mol. The van der Waals surface area contributed by atoms with Crippen LogP contribution in [0.1, 0.15) is 5.56 Å². The minimum absolute atomic E-state index is 0.110. The zero-order valence-electron chi connectivity index (χ0n) is 16.5. The number of halogens is 1. The van der Waals surface area contributed by atoms with Crippen LogP contribution in [0.15, 0.2) is 30.6 Å². The third-order valence-electron chi connectivity index (χ3n) is 5.29. The van der Waals surface area contributed by atoms with Gasteiger partial charge >= 0.3 is 6.03 Å². The number of benzene rings is 1. The van der Waals surface area contributed by atoms with E-state index in [1.165, 1.54) is 0 Å². The largest absolute Gasteiger partial charge is 0.378 e. The minimum atomic E-state index is -0.110. The standard InChI is InChI=1S/C20H25ClN6O2/c1-15-2-3-16(12-17(15)21)24-20(28)27-6-4-25(5-7-27)18-13-19(23-14-22-18)26-8-10-29-11-9-26/h2-3,12-14H,4-11H2,1H3,(H,24,28). The maximum Gasteiger partial charge on any atom is 0.321 e. The zero-order chi connectivity index (χ0) is 20.2. The van der Waals surface area contributed by atoms with E-state index in [-0.39, 0.29) is 6.03 Å². The number of morpholine rings is 1. The van der Waals surface area contributed by atoms with Crippen molar-refractivity contribution >= 4 is 35.0 Å². The average Bonchev–Trinajstić information content (AvgIpc) is 2.77. The zero-order valence-corrected chi connectivity index (χ0v) is 17.2. The predicted octanol–water partition coefficient (Wildman–Crippen LogP) is 2.63. The highest BCUT2D eigenvalue weighted by Gasteiger charge is 2.23. The Balaban J connectivity index is 1.34. The number of hydrogen-bond donors (Lipinski definition) is 1. The summed E-state index contributed by atoms with van der Waals surface area (Å²) in [5, 5.41) is 3.57. The molecule has 1 aromatic heterocycles. The number of piperazine rings is 1. The Hall–Kier alpha value is -2.58. The predicted molar refractivity (Wildman–Crippen MR) is 114 cm³/mol. The fourth-order valence-corrected chi connectivity index (χ4v) is 3.67. The van der Waals surface area contributed by atoms with Gasteiger partial charge in [0.2, 0.25) is 0 Å². The molecule has 2 aromatic rings. The molecule has 0 radical (unpaired) electrons. The van der Waals surface area contributed by atoms with Gasteiger partial charge in [-0.05, 0) is 24.6 Å². The van der Waals surface area contributed by atoms with Crippen LogP contribution in [-0.4, -0.2) is 73.4 Å². The fourth-order valence-electron chi connectivity index (χ4n) is 3.49. The lowest BCUT2D eigenvalue weighted by atomic mass is 10.2. The van der Waals surface area contributed by atoms with E-state index in [2.05, 4.69) is 25.1 Å². The Morgan fingerprint density at radius 2 is 1.66 bits per heavy atom. The summed E-state index contributed by atoms with van der Waals surface area (Å²) in [7, 11) is 0. The van der Waals surface area contributed by atoms with Crippen LogP contribution in [-0.2, 0) is 4.74 Å². The number of nitrogens with one attached hydrogen (secondary N) is 1. The molecule has 2 amide bonds. The number of carbonyl (C=O) groups excluding carboxylic acids is 1. The summed E-state index contributed by atoms with van der Waals surface area (Å²) in [5.41, 5.74) is 1.69. The molecule has 0 unspecified atom stereocenters. The van der Waals surface area contributed by atoms with E-state index in [0.717, 1.165) is 56.6 Å². The SMILES string of the molecule is Cc1ccc(NC(=O)N2CCN(c3cc(N4CCOCC4)ncn3)CC2)cc1Cl. The molecule has 0 bridgehead atoms. The number of aryl methyl sites for hydroxylation is 1. The molecule has 2 aliphatic rings. The van der Waals surface area contributed by atoms with Gasteiger partial charge in [0.15, 0.2) is 0 Å². The van der Waals surface area contributed by atoms with Gasteiger partial charge in [-0.3, -0.25) is 0 Å². The van der Waals surface area contributed by atoms with Crippen LogP contribution in [0.2, 0.25) is 5.02 Å². The molecule has 1 N–H and O–H groups in total. The van der Waals surface area contributed by atoms with Crippen molar-refractivity contribution in [3.05, 3.63) is 41.2 Å². The quantitative estimate of drug-likeness (QED) is 0.829. The number of rotatable bonds is 3. The first kappa shape index (κ1) is 19.7. The van der Waals surface area contributed by atoms with Crippen molar-refractivity contribution in [1.82, 2.24) is 14.9 Å². The first-order valence-corrected chi connectivity index (χ1v) is 10.2. The van der Waals surface area contributed by atoms with E-state index in [1.54, 1.807) is 12.4 Å². The van der Waals surface area contributed by atoms with Crippen molar-refractivity contribution in [2.75, 3.05) is 67.6 Å². The second kappa shape index (κ2) is 8.84. The van der Waals surface area contributed by atoms with Gasteiger partial charge in [0, 0.05) is 56.0 Å². The molecule has 29 heavy (non-hydrogen) atoms. The number of nitrogens with zero attached hydrogens (tertiary/aromatic N) is 5. The van der Waals surface area contributed by atoms with E-state index < -0.39 is 0 Å². The molecular formula is C20H25ClN6O2. The highest BCUT2D eigenvalue weighted by Crippen LogP contribution is 2.22. The number of urea groups is 1. The minimum Gasteiger partial charge on any atom is -0.378 e. The second-order valence-corrected chi connectivity index (χ2v) is 7.61. The molecule has 0 spiro atoms. The Kier molecular flexibility index (Phi) is 6.01. The number of aromatic nitrogens is 2. The van der Waals surface area contributed by atoms with Crippen molar-refractivity contribution < 1.29 is 9.53 Å². The smallest absolute Gasteiger partial charge is 0.321 e. The van der Waals surface area contributed by atoms with Gasteiger partial charge in [0.1, 0.15) is 18.0 Å². The summed E-state index contributed by atoms with van der Waals surface area (Å²) in [5.74, 6) is 1.82. The first-order chi connectivity index (χ1) is 14.1. The lowest BCUT2D eigenvalue weighted by molar-refractivity contribution is 0.122. The monoisotopic (exact) mass is 416 g/mol. The van der Waals surface area contributed by atoms with Crippen molar-refractivity contribution in [3.63, 3.8) is 0 Å². The Morgan fingerprint density at radius 3 is 2.31 bits per heavy atom. The van der Waals surface area contributed by atoms with Gasteiger partial charge in [0.05, 0.1) is 13.2 Å². The fraction of sp³-hybridized carbons (Fsp3) is 0.450. The summed E-state index contributed by atoms with van der Waals surface area (Å²) in [6, 6.07) is 7.45. The molecular weight excluding hydrogens is 392 g/mol. The van der Waals surface area contributed by atoms with Gasteiger partial charge in [-0.1, -0.05) is 17.7 Å². The van der Waals surface area contributed by atoms with Crippen molar-refractivity contribution in [2.45, 2.75) is 6.92 Å². The number of amides is 2. The van der Waals surface area contributed by atoms with Crippen molar-refractivity contribution in [1.29, 1.82) is 0 Å². The molecule has 154 valence electrons. The molecule has 0 atom stereocenters. The van der Waals surface area contributed by atoms with E-state index in [1.807, 2.05) is 30.0 Å². The van der Waals surface area contributed by atoms with Crippen molar-refractivity contribution in [2.24, 2.45) is 0 Å². The van der Waals surface area contributed by atoms with Gasteiger partial charge in [-0.2, -0.15) is 0 Å². The molecule has 0 aliphatic carbocycles. The summed E-state index contributed by atoms with van der Waals surface area (Å²) in [6.07, 6.45) is 1.61. The third kappa shape index (κ3) is 4.71. The molecule has 8 nitrogen and oxygen atoms in total. The van der Waals surface area contributed by atoms with Crippen molar-refractivity contribution in [3.8, 4) is 0 Å². The molecule has 2 fully saturated rings. The van der Waals surface area contributed by atoms with Crippen LogP contribution in [0.3, 0.4) is 0 Å². The maximum atomic E-state index is 12.6. The number of carbonyl (C=O) groups is 1. The lowest BCUT2D eigenvalue weighted by Crippen LogP contribution is -2.50. The van der Waals surface area contributed by atoms with Crippen LogP contribution in [0.25, 0.3) is 0 Å². The van der Waals surface area contributed by atoms with Gasteiger partial charge in [-0.25, -0.2) is 14.8 Å². The normalized spacial score (nSPS) is 17.4. The number of ether oxygens (including phenoxy) is 1. The van der Waals surface area contributed by atoms with Gasteiger partial charge in [0.25, 0.3) is 0 Å². The van der Waals surface area contributed by atoms with Gasteiger partial charge < -0.3 is 24.8 Å². The molecule has 1 aromatic carbocycles. The Morgan fingerprint density at radius 1 is 1.00 bits per heavy atom. The lowest BCUT2D eigenvalue weighted by Gasteiger charge is -2.36. The Bertz CT molecular complexity index is 866.